The van der Waals surface area contributed by atoms with E-state index < -0.39 is 10.1 Å². The zero-order valence-electron chi connectivity index (χ0n) is 3.03. The maximum Gasteiger partial charge on any atom is 0.236 e. The van der Waals surface area contributed by atoms with Crippen molar-refractivity contribution < 1.29 is 31.3 Å². The van der Waals surface area contributed by atoms with Crippen molar-refractivity contribution in [1.29, 1.82) is 0 Å². The van der Waals surface area contributed by atoms with E-state index in [0.717, 1.165) is 0 Å². The first kappa shape index (κ1) is 10.4. The molecular formula is C2H2O2PtS2. The third-order valence-electron chi connectivity index (χ3n) is 0.183. The van der Waals surface area contributed by atoms with Crippen molar-refractivity contribution >= 4 is 34.5 Å². The van der Waals surface area contributed by atoms with Gasteiger partial charge >= 0.3 is 0 Å². The Hall–Kier alpha value is 0.468. The normalized spacial score (nSPS) is 6.29. The zero-order valence-corrected chi connectivity index (χ0v) is 6.93. The van der Waals surface area contributed by atoms with Crippen LogP contribution in [0.4, 0.5) is 0 Å². The van der Waals surface area contributed by atoms with Crippen molar-refractivity contribution in [2.45, 2.75) is 0 Å². The summed E-state index contributed by atoms with van der Waals surface area (Å²) in [5.41, 5.74) is 0. The van der Waals surface area contributed by atoms with Crippen LogP contribution >= 0.6 is 24.4 Å². The maximum atomic E-state index is 7.97. The molecule has 0 saturated heterocycles. The molecule has 0 rings (SSSR count). The number of hydrogen-bond acceptors (Lipinski definition) is 2. The van der Waals surface area contributed by atoms with Crippen LogP contribution in [-0.2, 0) is 21.1 Å². The maximum absolute atomic E-state index is 7.97. The molecule has 2 nitrogen and oxygen atoms in total. The molecule has 0 atom stereocenters. The van der Waals surface area contributed by atoms with Gasteiger partial charge in [0.1, 0.15) is 0 Å². The van der Waals surface area contributed by atoms with Gasteiger partial charge in [0.25, 0.3) is 0 Å². The number of aliphatic hydroxyl groups excluding tert-OH is 2. The third-order valence-corrected chi connectivity index (χ3v) is 0.699. The number of thiocarbonyl (C=S) groups is 2. The minimum absolute atomic E-state index is 0. The van der Waals surface area contributed by atoms with Gasteiger partial charge < -0.3 is 10.2 Å². The fourth-order valence-electron chi connectivity index (χ4n) is 0. The number of aliphatic hydroxyl groups is 2. The van der Waals surface area contributed by atoms with E-state index in [-0.39, 0.29) is 21.1 Å². The molecule has 0 aliphatic carbocycles. The van der Waals surface area contributed by atoms with Crippen LogP contribution in [0.25, 0.3) is 0 Å². The van der Waals surface area contributed by atoms with Crippen molar-refractivity contribution in [1.82, 2.24) is 0 Å². The second kappa shape index (κ2) is 4.62. The first-order valence-corrected chi connectivity index (χ1v) is 1.92. The van der Waals surface area contributed by atoms with Gasteiger partial charge in [0, 0.05) is 21.1 Å². The molecule has 0 aromatic heterocycles. The second-order valence-electron chi connectivity index (χ2n) is 0.610. The third kappa shape index (κ3) is 6.47. The van der Waals surface area contributed by atoms with Crippen LogP contribution in [0.15, 0.2) is 0 Å². The molecule has 0 saturated carbocycles. The van der Waals surface area contributed by atoms with E-state index in [1.165, 1.54) is 0 Å². The Labute approximate surface area is 65.8 Å². The van der Waals surface area contributed by atoms with Gasteiger partial charge in [0.05, 0.1) is 0 Å². The first-order valence-electron chi connectivity index (χ1n) is 1.11. The van der Waals surface area contributed by atoms with Crippen molar-refractivity contribution in [2.24, 2.45) is 0 Å². The summed E-state index contributed by atoms with van der Waals surface area (Å²) >= 11 is 7.97. The minimum Gasteiger partial charge on any atom is -0.496 e. The fraction of sp³-hybridized carbons (Fsp3) is 0. The van der Waals surface area contributed by atoms with Gasteiger partial charge in [-0.2, -0.15) is 0 Å². The van der Waals surface area contributed by atoms with Gasteiger partial charge in [-0.3, -0.25) is 0 Å². The van der Waals surface area contributed by atoms with Crippen LogP contribution in [-0.4, -0.2) is 20.3 Å². The van der Waals surface area contributed by atoms with Crippen LogP contribution < -0.4 is 0 Å². The van der Waals surface area contributed by atoms with Crippen molar-refractivity contribution in [2.75, 3.05) is 0 Å². The van der Waals surface area contributed by atoms with E-state index >= 15 is 0 Å². The van der Waals surface area contributed by atoms with Gasteiger partial charge in [-0.15, -0.1) is 0 Å². The Kier molecular flexibility index (Phi) is 6.90. The van der Waals surface area contributed by atoms with Crippen molar-refractivity contribution in [3.05, 3.63) is 0 Å². The largest absolute Gasteiger partial charge is 0.496 e. The van der Waals surface area contributed by atoms with Crippen LogP contribution in [0.2, 0.25) is 0 Å². The van der Waals surface area contributed by atoms with Crippen LogP contribution in [0.1, 0.15) is 0 Å². The molecule has 0 aliphatic rings. The molecule has 0 bridgehead atoms. The standard InChI is InChI=1S/C2H2O2S2.Pt/c3-1(5)2(4)6;/h(H,3,5)(H,4,6);. The molecule has 44 valence electrons. The molecule has 0 unspecified atom stereocenters. The van der Waals surface area contributed by atoms with Gasteiger partial charge in [-0.1, -0.05) is 0 Å². The summed E-state index contributed by atoms with van der Waals surface area (Å²) in [6.45, 7) is 0. The van der Waals surface area contributed by atoms with Crippen molar-refractivity contribution in [3.8, 4) is 0 Å². The quantitative estimate of drug-likeness (QED) is 0.647. The molecule has 0 amide bonds. The minimum atomic E-state index is -0.620. The smallest absolute Gasteiger partial charge is 0.236 e. The molecule has 0 fully saturated rings. The van der Waals surface area contributed by atoms with Crippen LogP contribution in [0, 0.1) is 0 Å². The topological polar surface area (TPSA) is 40.5 Å². The summed E-state index contributed by atoms with van der Waals surface area (Å²) in [6.07, 6.45) is 0. The monoisotopic (exact) mass is 317 g/mol. The van der Waals surface area contributed by atoms with Gasteiger partial charge in [0.15, 0.2) is 0 Å². The zero-order chi connectivity index (χ0) is 5.15. The SMILES string of the molecule is OC(=S)C(O)=S.[Pt]. The Morgan fingerprint density at radius 1 is 1.00 bits per heavy atom. The van der Waals surface area contributed by atoms with E-state index in [4.69, 9.17) is 10.2 Å². The van der Waals surface area contributed by atoms with Gasteiger partial charge in [0.2, 0.25) is 10.1 Å². The number of rotatable bonds is 0. The predicted octanol–water partition coefficient (Wildman–Crippen LogP) is 0.755. The Balaban J connectivity index is 0. The van der Waals surface area contributed by atoms with E-state index in [2.05, 4.69) is 24.4 Å². The summed E-state index contributed by atoms with van der Waals surface area (Å²) in [7, 11) is 0. The predicted molar refractivity (Wildman–Crippen MR) is 30.5 cm³/mol. The van der Waals surface area contributed by atoms with E-state index in [1.54, 1.807) is 0 Å². The first-order chi connectivity index (χ1) is 2.64. The second-order valence-corrected chi connectivity index (χ2v) is 1.38. The summed E-state index contributed by atoms with van der Waals surface area (Å²) in [4.78, 5) is 0. The van der Waals surface area contributed by atoms with Crippen LogP contribution in [0.5, 0.6) is 0 Å². The Bertz CT molecular complexity index is 79.7. The summed E-state index contributed by atoms with van der Waals surface area (Å²) in [5, 5.41) is 14.7. The molecule has 0 spiro atoms. The molecule has 2 N–H and O–H groups in total. The summed E-state index contributed by atoms with van der Waals surface area (Å²) in [5.74, 6) is 0. The van der Waals surface area contributed by atoms with Gasteiger partial charge in [-0.05, 0) is 24.4 Å². The summed E-state index contributed by atoms with van der Waals surface area (Å²) in [6, 6.07) is 0. The van der Waals surface area contributed by atoms with E-state index in [0.29, 0.717) is 0 Å². The number of hydrogen-bond donors (Lipinski definition) is 2. The molecule has 0 aliphatic heterocycles. The molecule has 0 radical (unpaired) electrons. The molecule has 0 heterocycles. The van der Waals surface area contributed by atoms with Crippen molar-refractivity contribution in [3.63, 3.8) is 0 Å². The molecule has 7 heavy (non-hydrogen) atoms. The molecule has 0 aromatic rings. The average molecular weight is 317 g/mol. The molecular weight excluding hydrogens is 315 g/mol. The summed E-state index contributed by atoms with van der Waals surface area (Å²) < 4.78 is 0. The molecule has 0 aromatic carbocycles. The fourth-order valence-corrected chi connectivity index (χ4v) is 0. The van der Waals surface area contributed by atoms with E-state index in [1.807, 2.05) is 0 Å². The van der Waals surface area contributed by atoms with Gasteiger partial charge in [-0.25, -0.2) is 0 Å². The van der Waals surface area contributed by atoms with E-state index in [9.17, 15) is 0 Å². The Morgan fingerprint density at radius 3 is 1.14 bits per heavy atom. The Morgan fingerprint density at radius 2 is 1.14 bits per heavy atom. The average Bonchev–Trinajstić information content (AvgIpc) is 1.36. The van der Waals surface area contributed by atoms with Crippen LogP contribution in [0.3, 0.4) is 0 Å². The molecule has 5 heteroatoms.